The van der Waals surface area contributed by atoms with Crippen LogP contribution in [0.25, 0.3) is 0 Å². The third-order valence-electron chi connectivity index (χ3n) is 3.01. The van der Waals surface area contributed by atoms with Gasteiger partial charge in [0.1, 0.15) is 0 Å². The maximum Gasteiger partial charge on any atom is 0.0732 e. The minimum absolute atomic E-state index is 0.00954. The van der Waals surface area contributed by atoms with Gasteiger partial charge in [0.15, 0.2) is 0 Å². The highest BCUT2D eigenvalue weighted by molar-refractivity contribution is 4.99. The third kappa shape index (κ3) is 2.07. The topological polar surface area (TPSA) is 84.2 Å². The molecule has 2 aliphatic rings. The standard InChI is InChI=1S/C8H15NO3.CH4O/c10-4-7-8(12)2-5-1-6(11)3-9(5)7;1-2/h5-8,10-12H,1-4H2;2H,1H3/t5?,6-,7?,8+;/m1./s1. The second kappa shape index (κ2) is 5.04. The van der Waals surface area contributed by atoms with Gasteiger partial charge in [-0.3, -0.25) is 4.90 Å². The lowest BCUT2D eigenvalue weighted by Crippen LogP contribution is -2.39. The van der Waals surface area contributed by atoms with Crippen LogP contribution in [0, 0.1) is 0 Å². The summed E-state index contributed by atoms with van der Waals surface area (Å²) in [6.45, 7) is 0.595. The van der Waals surface area contributed by atoms with Crippen LogP contribution in [0.3, 0.4) is 0 Å². The molecule has 0 aliphatic carbocycles. The minimum atomic E-state index is -0.410. The molecule has 0 amide bonds. The van der Waals surface area contributed by atoms with E-state index < -0.39 is 6.10 Å². The van der Waals surface area contributed by atoms with Crippen molar-refractivity contribution < 1.29 is 20.4 Å². The van der Waals surface area contributed by atoms with Crippen LogP contribution in [0.1, 0.15) is 12.8 Å². The van der Waals surface area contributed by atoms with Crippen molar-refractivity contribution in [3.63, 3.8) is 0 Å². The maximum absolute atomic E-state index is 9.50. The first-order chi connectivity index (χ1) is 6.72. The number of hydrogen-bond donors (Lipinski definition) is 4. The van der Waals surface area contributed by atoms with E-state index in [9.17, 15) is 10.2 Å². The third-order valence-corrected chi connectivity index (χ3v) is 3.01. The number of rotatable bonds is 1. The minimum Gasteiger partial charge on any atom is -0.400 e. The molecule has 4 N–H and O–H groups in total. The average molecular weight is 205 g/mol. The first kappa shape index (κ1) is 11.9. The monoisotopic (exact) mass is 205 g/mol. The molecule has 2 aliphatic heterocycles. The molecule has 2 unspecified atom stereocenters. The summed E-state index contributed by atoms with van der Waals surface area (Å²) >= 11 is 0. The van der Waals surface area contributed by atoms with Gasteiger partial charge in [-0.1, -0.05) is 0 Å². The molecular weight excluding hydrogens is 186 g/mol. The second-order valence-corrected chi connectivity index (χ2v) is 3.79. The van der Waals surface area contributed by atoms with Gasteiger partial charge in [0, 0.05) is 19.7 Å². The molecule has 2 fully saturated rings. The van der Waals surface area contributed by atoms with Crippen LogP contribution in [0.4, 0.5) is 0 Å². The fraction of sp³-hybridized carbons (Fsp3) is 1.00. The van der Waals surface area contributed by atoms with Crippen LogP contribution >= 0.6 is 0 Å². The summed E-state index contributed by atoms with van der Waals surface area (Å²) < 4.78 is 0. The number of fused-ring (bicyclic) bond motifs is 1. The summed E-state index contributed by atoms with van der Waals surface area (Å²) in [6.07, 6.45) is 0.764. The molecule has 2 heterocycles. The van der Waals surface area contributed by atoms with Crippen molar-refractivity contribution in [1.29, 1.82) is 0 Å². The van der Waals surface area contributed by atoms with E-state index in [0.29, 0.717) is 13.0 Å². The Balaban J connectivity index is 0.000000461. The molecule has 14 heavy (non-hydrogen) atoms. The number of aliphatic hydroxyl groups is 4. The Kier molecular flexibility index (Phi) is 4.28. The first-order valence-corrected chi connectivity index (χ1v) is 4.90. The van der Waals surface area contributed by atoms with Crippen LogP contribution in [0.2, 0.25) is 0 Å². The van der Waals surface area contributed by atoms with Crippen LogP contribution in [-0.2, 0) is 0 Å². The van der Waals surface area contributed by atoms with E-state index in [4.69, 9.17) is 10.2 Å². The molecule has 0 spiro atoms. The SMILES string of the molecule is CO.OCC1[C@@H](O)CC2C[C@@H](O)CN21. The molecule has 84 valence electrons. The van der Waals surface area contributed by atoms with Crippen molar-refractivity contribution in [3.05, 3.63) is 0 Å². The van der Waals surface area contributed by atoms with E-state index in [1.54, 1.807) is 0 Å². The Morgan fingerprint density at radius 1 is 1.21 bits per heavy atom. The largest absolute Gasteiger partial charge is 0.400 e. The highest BCUT2D eigenvalue weighted by atomic mass is 16.3. The second-order valence-electron chi connectivity index (χ2n) is 3.79. The van der Waals surface area contributed by atoms with Gasteiger partial charge in [0.25, 0.3) is 0 Å². The van der Waals surface area contributed by atoms with E-state index in [-0.39, 0.29) is 24.8 Å². The number of aliphatic hydroxyl groups excluding tert-OH is 4. The Labute approximate surface area is 83.6 Å². The molecule has 0 aromatic heterocycles. The number of hydrogen-bond acceptors (Lipinski definition) is 5. The Morgan fingerprint density at radius 2 is 1.86 bits per heavy atom. The molecule has 0 bridgehead atoms. The summed E-state index contributed by atoms with van der Waals surface area (Å²) in [4.78, 5) is 2.02. The van der Waals surface area contributed by atoms with Gasteiger partial charge in [-0.15, -0.1) is 0 Å². The van der Waals surface area contributed by atoms with Crippen molar-refractivity contribution >= 4 is 0 Å². The first-order valence-electron chi connectivity index (χ1n) is 4.90. The lowest BCUT2D eigenvalue weighted by molar-refractivity contribution is 0.0613. The van der Waals surface area contributed by atoms with E-state index in [1.165, 1.54) is 0 Å². The van der Waals surface area contributed by atoms with Crippen molar-refractivity contribution in [3.8, 4) is 0 Å². The Hall–Kier alpha value is -0.200. The average Bonchev–Trinajstić information content (AvgIpc) is 2.63. The molecule has 5 heteroatoms. The molecule has 0 aromatic carbocycles. The zero-order valence-electron chi connectivity index (χ0n) is 8.37. The van der Waals surface area contributed by atoms with Crippen LogP contribution in [0.5, 0.6) is 0 Å². The quantitative estimate of drug-likeness (QED) is 0.404. The smallest absolute Gasteiger partial charge is 0.0732 e. The molecule has 0 radical (unpaired) electrons. The predicted molar refractivity (Wildman–Crippen MR) is 50.8 cm³/mol. The Bertz CT molecular complexity index is 178. The summed E-state index contributed by atoms with van der Waals surface area (Å²) in [5.41, 5.74) is 0. The Morgan fingerprint density at radius 3 is 2.43 bits per heavy atom. The molecule has 2 saturated heterocycles. The number of nitrogens with zero attached hydrogens (tertiary/aromatic N) is 1. The molecule has 2 rings (SSSR count). The van der Waals surface area contributed by atoms with E-state index in [0.717, 1.165) is 13.5 Å². The molecule has 0 saturated carbocycles. The van der Waals surface area contributed by atoms with Gasteiger partial charge < -0.3 is 20.4 Å². The van der Waals surface area contributed by atoms with Crippen LogP contribution in [-0.4, -0.2) is 69.9 Å². The summed E-state index contributed by atoms with van der Waals surface area (Å²) in [5, 5.41) is 34.8. The molecule has 5 nitrogen and oxygen atoms in total. The van der Waals surface area contributed by atoms with E-state index in [1.807, 2.05) is 4.90 Å². The maximum atomic E-state index is 9.50. The zero-order chi connectivity index (χ0) is 10.7. The van der Waals surface area contributed by atoms with Gasteiger partial charge in [-0.2, -0.15) is 0 Å². The van der Waals surface area contributed by atoms with Crippen molar-refractivity contribution in [2.45, 2.75) is 37.1 Å². The van der Waals surface area contributed by atoms with Crippen molar-refractivity contribution in [1.82, 2.24) is 4.90 Å². The van der Waals surface area contributed by atoms with Gasteiger partial charge >= 0.3 is 0 Å². The summed E-state index contributed by atoms with van der Waals surface area (Å²) in [5.74, 6) is 0. The van der Waals surface area contributed by atoms with Gasteiger partial charge in [0.2, 0.25) is 0 Å². The summed E-state index contributed by atoms with van der Waals surface area (Å²) in [6, 6.07) is 0.138. The van der Waals surface area contributed by atoms with E-state index in [2.05, 4.69) is 0 Å². The van der Waals surface area contributed by atoms with Crippen molar-refractivity contribution in [2.24, 2.45) is 0 Å². The molecule has 0 aromatic rings. The van der Waals surface area contributed by atoms with Gasteiger partial charge in [0.05, 0.1) is 24.9 Å². The fourth-order valence-corrected chi connectivity index (χ4v) is 2.44. The lowest BCUT2D eigenvalue weighted by atomic mass is 10.1. The normalized spacial score (nSPS) is 41.8. The van der Waals surface area contributed by atoms with Gasteiger partial charge in [-0.25, -0.2) is 0 Å². The highest BCUT2D eigenvalue weighted by Gasteiger charge is 2.45. The van der Waals surface area contributed by atoms with Gasteiger partial charge in [-0.05, 0) is 12.8 Å². The van der Waals surface area contributed by atoms with Crippen LogP contribution < -0.4 is 0 Å². The zero-order valence-corrected chi connectivity index (χ0v) is 8.37. The molecule has 4 atom stereocenters. The summed E-state index contributed by atoms with van der Waals surface area (Å²) in [7, 11) is 1.00. The highest BCUT2D eigenvalue weighted by Crippen LogP contribution is 2.32. The fourth-order valence-electron chi connectivity index (χ4n) is 2.44. The van der Waals surface area contributed by atoms with Crippen molar-refractivity contribution in [2.75, 3.05) is 20.3 Å². The predicted octanol–water partition coefficient (Wildman–Crippen LogP) is -1.84. The lowest BCUT2D eigenvalue weighted by Gasteiger charge is -2.22. The molecular formula is C9H19NO4. The van der Waals surface area contributed by atoms with Crippen LogP contribution in [0.15, 0.2) is 0 Å². The van der Waals surface area contributed by atoms with E-state index >= 15 is 0 Å².